The van der Waals surface area contributed by atoms with Gasteiger partial charge in [0.05, 0.1) is 35.5 Å². The summed E-state index contributed by atoms with van der Waals surface area (Å²) in [7, 11) is 2.03. The van der Waals surface area contributed by atoms with Crippen LogP contribution in [0.15, 0.2) is 30.9 Å². The highest BCUT2D eigenvalue weighted by Gasteiger charge is 2.35. The van der Waals surface area contributed by atoms with Gasteiger partial charge in [0.2, 0.25) is 5.91 Å². The lowest BCUT2D eigenvalue weighted by molar-refractivity contribution is -0.128. The van der Waals surface area contributed by atoms with Gasteiger partial charge in [0, 0.05) is 59.5 Å². The number of halogens is 2. The molecule has 0 bridgehead atoms. The van der Waals surface area contributed by atoms with E-state index < -0.39 is 5.82 Å². The molecule has 0 radical (unpaired) electrons. The highest BCUT2D eigenvalue weighted by molar-refractivity contribution is 6.35. The molecule has 12 heteroatoms. The van der Waals surface area contributed by atoms with Crippen molar-refractivity contribution in [3.63, 3.8) is 0 Å². The molecule has 2 aromatic heterocycles. The molecule has 10 nitrogen and oxygen atoms in total. The second-order valence-corrected chi connectivity index (χ2v) is 13.3. The van der Waals surface area contributed by atoms with Crippen LogP contribution in [0, 0.1) is 12.7 Å². The van der Waals surface area contributed by atoms with Crippen LogP contribution < -0.4 is 9.64 Å². The van der Waals surface area contributed by atoms with Gasteiger partial charge in [-0.15, -0.1) is 0 Å². The van der Waals surface area contributed by atoms with Gasteiger partial charge in [-0.3, -0.25) is 14.8 Å². The molecule has 0 spiro atoms. The zero-order valence-corrected chi connectivity index (χ0v) is 27.4. The number of H-pyrrole nitrogens is 1. The summed E-state index contributed by atoms with van der Waals surface area (Å²) in [4.78, 5) is 28.2. The van der Waals surface area contributed by atoms with Crippen molar-refractivity contribution in [3.05, 3.63) is 53.0 Å². The van der Waals surface area contributed by atoms with E-state index in [4.69, 9.17) is 26.1 Å². The molecule has 3 fully saturated rings. The van der Waals surface area contributed by atoms with Crippen LogP contribution >= 0.6 is 11.6 Å². The van der Waals surface area contributed by atoms with Crippen LogP contribution in [-0.2, 0) is 9.53 Å². The Labute approximate surface area is 272 Å². The number of morpholine rings is 1. The first kappa shape index (κ1) is 30.8. The molecular formula is C34H39ClFN7O3. The predicted molar refractivity (Wildman–Crippen MR) is 177 cm³/mol. The van der Waals surface area contributed by atoms with Crippen molar-refractivity contribution in [1.82, 2.24) is 30.0 Å². The van der Waals surface area contributed by atoms with E-state index in [1.54, 1.807) is 11.0 Å². The summed E-state index contributed by atoms with van der Waals surface area (Å²) in [5.41, 5.74) is 3.83. The van der Waals surface area contributed by atoms with Gasteiger partial charge < -0.3 is 19.3 Å². The van der Waals surface area contributed by atoms with Crippen molar-refractivity contribution in [2.24, 2.45) is 0 Å². The van der Waals surface area contributed by atoms with E-state index in [2.05, 4.69) is 31.6 Å². The van der Waals surface area contributed by atoms with Crippen LogP contribution in [0.2, 0.25) is 5.02 Å². The summed E-state index contributed by atoms with van der Waals surface area (Å²) in [6.45, 7) is 12.8. The van der Waals surface area contributed by atoms with Gasteiger partial charge in [0.15, 0.2) is 5.82 Å². The first-order chi connectivity index (χ1) is 22.2. The van der Waals surface area contributed by atoms with Crippen molar-refractivity contribution in [3.8, 4) is 17.1 Å². The fourth-order valence-corrected chi connectivity index (χ4v) is 7.11. The summed E-state index contributed by atoms with van der Waals surface area (Å²) in [6.07, 6.45) is 3.45. The minimum absolute atomic E-state index is 0.0108. The van der Waals surface area contributed by atoms with E-state index in [9.17, 15) is 4.79 Å². The van der Waals surface area contributed by atoms with E-state index in [0.717, 1.165) is 47.1 Å². The number of hydrogen-bond donors (Lipinski definition) is 1. The smallest absolute Gasteiger partial charge is 0.319 e. The number of nitrogens with zero attached hydrogens (tertiary/aromatic N) is 6. The molecule has 4 heterocycles. The van der Waals surface area contributed by atoms with Gasteiger partial charge in [-0.2, -0.15) is 15.1 Å². The third-order valence-corrected chi connectivity index (χ3v) is 9.96. The van der Waals surface area contributed by atoms with Gasteiger partial charge >= 0.3 is 6.01 Å². The monoisotopic (exact) mass is 647 g/mol. The molecule has 2 aliphatic heterocycles. The van der Waals surface area contributed by atoms with Crippen LogP contribution in [-0.4, -0.2) is 101 Å². The molecule has 7 rings (SSSR count). The van der Waals surface area contributed by atoms with Crippen molar-refractivity contribution >= 4 is 45.1 Å². The molecule has 1 amide bonds. The summed E-state index contributed by atoms with van der Waals surface area (Å²) in [5.74, 6) is 0.210. The number of ether oxygens (including phenoxy) is 2. The minimum atomic E-state index is -0.533. The van der Waals surface area contributed by atoms with E-state index in [-0.39, 0.29) is 47.2 Å². The lowest BCUT2D eigenvalue weighted by Gasteiger charge is -2.44. The van der Waals surface area contributed by atoms with Crippen molar-refractivity contribution in [2.75, 3.05) is 51.4 Å². The quantitative estimate of drug-likeness (QED) is 0.264. The second kappa shape index (κ2) is 12.1. The maximum Gasteiger partial charge on any atom is 0.319 e. The second-order valence-electron chi connectivity index (χ2n) is 12.9. The Kier molecular flexibility index (Phi) is 8.11. The van der Waals surface area contributed by atoms with E-state index in [1.165, 1.54) is 6.08 Å². The van der Waals surface area contributed by atoms with E-state index in [0.29, 0.717) is 49.0 Å². The Balaban J connectivity index is 1.38. The molecule has 0 unspecified atom stereocenters. The molecule has 4 aromatic rings. The van der Waals surface area contributed by atoms with Gasteiger partial charge in [-0.05, 0) is 64.4 Å². The standard InChI is InChI=1S/C34H39ClFN7O3/c1-6-26(44)42-14-20(4)43(15-19(42)3)33-23-13-24(35)28(27-18(2)7-10-25-29(27)31(40-39-25)21-8-9-21)30(36)32(23)37-34(38-33)46-17-22-16-45-12-11-41(22)5/h6-7,10,13,19-22H,1,8-9,11-12,14-17H2,2-5H3,(H,39,40)/t19-,20+,22-/m1/s1. The zero-order valence-electron chi connectivity index (χ0n) is 26.6. The number of nitrogens with one attached hydrogen (secondary N) is 1. The number of rotatable bonds is 7. The molecule has 242 valence electrons. The number of amides is 1. The number of aromatic amines is 1. The average Bonchev–Trinajstić information content (AvgIpc) is 3.80. The Hall–Kier alpha value is -3.80. The Morgan fingerprint density at radius 1 is 1.22 bits per heavy atom. The van der Waals surface area contributed by atoms with Gasteiger partial charge in [0.25, 0.3) is 0 Å². The third kappa shape index (κ3) is 5.38. The van der Waals surface area contributed by atoms with E-state index >= 15 is 4.39 Å². The Morgan fingerprint density at radius 3 is 2.76 bits per heavy atom. The lowest BCUT2D eigenvalue weighted by Crippen LogP contribution is -2.58. The summed E-state index contributed by atoms with van der Waals surface area (Å²) in [6, 6.07) is 5.54. The highest BCUT2D eigenvalue weighted by Crippen LogP contribution is 2.48. The largest absolute Gasteiger partial charge is 0.462 e. The number of aromatic nitrogens is 4. The van der Waals surface area contributed by atoms with Crippen LogP contribution in [0.5, 0.6) is 6.01 Å². The lowest BCUT2D eigenvalue weighted by atomic mass is 9.93. The summed E-state index contributed by atoms with van der Waals surface area (Å²) in [5, 5.41) is 9.42. The molecule has 1 N–H and O–H groups in total. The number of aryl methyl sites for hydroxylation is 1. The number of carbonyl (C=O) groups excluding carboxylic acids is 1. The van der Waals surface area contributed by atoms with Gasteiger partial charge in [-0.25, -0.2) is 4.39 Å². The Morgan fingerprint density at radius 2 is 2.02 bits per heavy atom. The van der Waals surface area contributed by atoms with E-state index in [1.807, 2.05) is 40.0 Å². The number of piperazine rings is 1. The van der Waals surface area contributed by atoms with Crippen LogP contribution in [0.25, 0.3) is 32.9 Å². The first-order valence-electron chi connectivity index (χ1n) is 15.9. The van der Waals surface area contributed by atoms with Gasteiger partial charge in [-0.1, -0.05) is 24.2 Å². The fraction of sp³-hybridized carbons (Fsp3) is 0.471. The van der Waals surface area contributed by atoms with Crippen molar-refractivity contribution < 1.29 is 18.7 Å². The maximum atomic E-state index is 17.2. The van der Waals surface area contributed by atoms with Crippen molar-refractivity contribution in [2.45, 2.75) is 57.7 Å². The number of fused-ring (bicyclic) bond motifs is 2. The minimum Gasteiger partial charge on any atom is -0.462 e. The van der Waals surface area contributed by atoms with Crippen molar-refractivity contribution in [1.29, 1.82) is 0 Å². The number of benzene rings is 2. The molecule has 3 atom stereocenters. The molecule has 46 heavy (non-hydrogen) atoms. The number of carbonyl (C=O) groups is 1. The molecule has 1 saturated carbocycles. The normalized spacial score (nSPS) is 22.5. The SMILES string of the molecule is C=CC(=O)N1C[C@H](C)N(c2nc(OC[C@H]3COCCN3C)nc3c(F)c(-c4c(C)ccc5[nH]nc(C6CC6)c45)c(Cl)cc23)C[C@H]1C. The van der Waals surface area contributed by atoms with Gasteiger partial charge in [0.1, 0.15) is 17.9 Å². The molecule has 2 aromatic carbocycles. The number of hydrogen-bond acceptors (Lipinski definition) is 8. The molecular weight excluding hydrogens is 609 g/mol. The third-order valence-electron chi connectivity index (χ3n) is 9.67. The summed E-state index contributed by atoms with van der Waals surface area (Å²) >= 11 is 7.05. The average molecular weight is 648 g/mol. The van der Waals surface area contributed by atoms with Crippen LogP contribution in [0.4, 0.5) is 10.2 Å². The summed E-state index contributed by atoms with van der Waals surface area (Å²) < 4.78 is 29.1. The highest BCUT2D eigenvalue weighted by atomic mass is 35.5. The fourth-order valence-electron chi connectivity index (χ4n) is 6.82. The van der Waals surface area contributed by atoms with Crippen LogP contribution in [0.3, 0.4) is 0 Å². The van der Waals surface area contributed by atoms with Crippen LogP contribution in [0.1, 0.15) is 43.9 Å². The zero-order chi connectivity index (χ0) is 32.3. The molecule has 3 aliphatic rings. The molecule has 1 aliphatic carbocycles. The number of anilines is 1. The topological polar surface area (TPSA) is 99.7 Å². The maximum absolute atomic E-state index is 17.2. The Bertz CT molecular complexity index is 1840. The first-order valence-corrected chi connectivity index (χ1v) is 16.3. The predicted octanol–water partition coefficient (Wildman–Crippen LogP) is 5.47. The molecule has 2 saturated heterocycles. The number of likely N-dealkylation sites (N-methyl/N-ethyl adjacent to an activating group) is 1.